The number of amides is 1. The summed E-state index contributed by atoms with van der Waals surface area (Å²) in [6.45, 7) is 6.66. The summed E-state index contributed by atoms with van der Waals surface area (Å²) in [6, 6.07) is 0. The lowest BCUT2D eigenvalue weighted by Gasteiger charge is -2.32. The van der Waals surface area contributed by atoms with Crippen LogP contribution in [0.2, 0.25) is 0 Å². The molecule has 0 N–H and O–H groups in total. The molecule has 6 heteroatoms. The van der Waals surface area contributed by atoms with Crippen LogP contribution >= 0.6 is 11.3 Å². The summed E-state index contributed by atoms with van der Waals surface area (Å²) in [5.74, 6) is 2.09. The largest absolute Gasteiger partial charge is 0.342 e. The van der Waals surface area contributed by atoms with Crippen LogP contribution in [0.4, 0.5) is 0 Å². The Kier molecular flexibility index (Phi) is 5.10. The van der Waals surface area contributed by atoms with Gasteiger partial charge in [0.05, 0.1) is 5.01 Å². The van der Waals surface area contributed by atoms with Crippen molar-refractivity contribution in [2.75, 3.05) is 13.1 Å². The fourth-order valence-corrected chi connectivity index (χ4v) is 3.99. The Morgan fingerprint density at radius 1 is 1.39 bits per heavy atom. The highest BCUT2D eigenvalue weighted by Crippen LogP contribution is 2.28. The zero-order chi connectivity index (χ0) is 16.2. The number of aryl methyl sites for hydroxylation is 1. The number of rotatable bonds is 5. The zero-order valence-electron chi connectivity index (χ0n) is 13.8. The van der Waals surface area contributed by atoms with Crippen molar-refractivity contribution in [1.82, 2.24) is 19.4 Å². The number of carbonyl (C=O) groups excluding carboxylic acids is 1. The van der Waals surface area contributed by atoms with E-state index >= 15 is 0 Å². The molecule has 23 heavy (non-hydrogen) atoms. The summed E-state index contributed by atoms with van der Waals surface area (Å²) >= 11 is 1.70. The number of thiazole rings is 1. The van der Waals surface area contributed by atoms with Crippen LogP contribution in [-0.2, 0) is 11.3 Å². The quantitative estimate of drug-likeness (QED) is 0.844. The second-order valence-electron chi connectivity index (χ2n) is 6.43. The van der Waals surface area contributed by atoms with Crippen LogP contribution in [0, 0.1) is 0 Å². The molecular weight excluding hydrogens is 308 g/mol. The summed E-state index contributed by atoms with van der Waals surface area (Å²) in [7, 11) is 0. The first-order chi connectivity index (χ1) is 11.1. The number of piperidine rings is 1. The summed E-state index contributed by atoms with van der Waals surface area (Å²) in [5, 5.41) is 3.18. The van der Waals surface area contributed by atoms with Crippen molar-refractivity contribution in [1.29, 1.82) is 0 Å². The second kappa shape index (κ2) is 7.25. The van der Waals surface area contributed by atoms with Gasteiger partial charge in [0.1, 0.15) is 5.82 Å². The van der Waals surface area contributed by atoms with E-state index in [1.165, 1.54) is 5.01 Å². The molecule has 3 rings (SSSR count). The van der Waals surface area contributed by atoms with E-state index in [9.17, 15) is 4.79 Å². The van der Waals surface area contributed by atoms with Gasteiger partial charge in [0.2, 0.25) is 5.91 Å². The minimum atomic E-state index is 0.245. The number of nitrogens with zero attached hydrogens (tertiary/aromatic N) is 4. The third-order valence-corrected chi connectivity index (χ3v) is 5.34. The highest BCUT2D eigenvalue weighted by atomic mass is 32.1. The van der Waals surface area contributed by atoms with Crippen LogP contribution in [0.3, 0.4) is 0 Å². The predicted molar refractivity (Wildman–Crippen MR) is 91.6 cm³/mol. The van der Waals surface area contributed by atoms with Crippen molar-refractivity contribution in [3.8, 4) is 0 Å². The first kappa shape index (κ1) is 16.2. The van der Waals surface area contributed by atoms with Gasteiger partial charge in [-0.25, -0.2) is 9.97 Å². The maximum Gasteiger partial charge on any atom is 0.224 e. The molecule has 1 aliphatic rings. The number of likely N-dealkylation sites (tertiary alicyclic amines) is 1. The average Bonchev–Trinajstić information content (AvgIpc) is 3.24. The van der Waals surface area contributed by atoms with Crippen LogP contribution < -0.4 is 0 Å². The minimum Gasteiger partial charge on any atom is -0.342 e. The molecule has 1 atom stereocenters. The molecule has 0 spiro atoms. The van der Waals surface area contributed by atoms with Crippen LogP contribution in [-0.4, -0.2) is 38.4 Å². The van der Waals surface area contributed by atoms with Crippen LogP contribution in [0.25, 0.3) is 0 Å². The van der Waals surface area contributed by atoms with E-state index in [4.69, 9.17) is 0 Å². The van der Waals surface area contributed by atoms with Gasteiger partial charge in [-0.2, -0.15) is 0 Å². The minimum absolute atomic E-state index is 0.245. The highest BCUT2D eigenvalue weighted by molar-refractivity contribution is 7.09. The Morgan fingerprint density at radius 2 is 2.26 bits per heavy atom. The van der Waals surface area contributed by atoms with E-state index < -0.39 is 0 Å². The molecule has 0 aromatic carbocycles. The van der Waals surface area contributed by atoms with Gasteiger partial charge in [-0.15, -0.1) is 11.3 Å². The summed E-state index contributed by atoms with van der Waals surface area (Å²) in [5.41, 5.74) is 0. The molecule has 0 bridgehead atoms. The Hall–Kier alpha value is -1.69. The molecule has 2 aromatic heterocycles. The van der Waals surface area contributed by atoms with Crippen LogP contribution in [0.1, 0.15) is 55.8 Å². The molecular formula is C17H24N4OS. The van der Waals surface area contributed by atoms with Crippen molar-refractivity contribution in [3.63, 3.8) is 0 Å². The first-order valence-electron chi connectivity index (χ1n) is 8.33. The third-order valence-electron chi connectivity index (χ3n) is 4.41. The molecule has 1 aliphatic heterocycles. The Labute approximate surface area is 141 Å². The summed E-state index contributed by atoms with van der Waals surface area (Å²) < 4.78 is 2.10. The van der Waals surface area contributed by atoms with Gasteiger partial charge in [-0.1, -0.05) is 13.8 Å². The molecule has 1 saturated heterocycles. The molecule has 3 heterocycles. The number of hydrogen-bond donors (Lipinski definition) is 0. The third kappa shape index (κ3) is 3.80. The number of imidazole rings is 1. The van der Waals surface area contributed by atoms with E-state index in [0.717, 1.165) is 31.8 Å². The highest BCUT2D eigenvalue weighted by Gasteiger charge is 2.26. The Bertz CT molecular complexity index is 635. The lowest BCUT2D eigenvalue weighted by atomic mass is 9.98. The second-order valence-corrected chi connectivity index (χ2v) is 7.36. The first-order valence-corrected chi connectivity index (χ1v) is 9.21. The summed E-state index contributed by atoms with van der Waals surface area (Å²) in [6.07, 6.45) is 8.39. The molecule has 1 amide bonds. The lowest BCUT2D eigenvalue weighted by molar-refractivity contribution is -0.132. The molecule has 1 fully saturated rings. The number of carbonyl (C=O) groups is 1. The van der Waals surface area contributed by atoms with E-state index in [0.29, 0.717) is 24.8 Å². The fourth-order valence-electron chi connectivity index (χ4n) is 3.23. The Morgan fingerprint density at radius 3 is 3.00 bits per heavy atom. The monoisotopic (exact) mass is 332 g/mol. The SMILES string of the molecule is CC(C)c1nccn1CCC(=O)N1CCC[C@H](c2nccs2)C1. The van der Waals surface area contributed by atoms with Crippen molar-refractivity contribution in [2.24, 2.45) is 0 Å². The topological polar surface area (TPSA) is 51.0 Å². The fraction of sp³-hybridized carbons (Fsp3) is 0.588. The molecule has 0 aliphatic carbocycles. The van der Waals surface area contributed by atoms with Gasteiger partial charge >= 0.3 is 0 Å². The average molecular weight is 332 g/mol. The lowest BCUT2D eigenvalue weighted by Crippen LogP contribution is -2.39. The molecule has 5 nitrogen and oxygen atoms in total. The molecule has 124 valence electrons. The van der Waals surface area contributed by atoms with Gasteiger partial charge in [0.25, 0.3) is 0 Å². The normalized spacial score (nSPS) is 18.6. The van der Waals surface area contributed by atoms with Gasteiger partial charge in [0.15, 0.2) is 0 Å². The van der Waals surface area contributed by atoms with Crippen molar-refractivity contribution in [2.45, 2.75) is 51.5 Å². The van der Waals surface area contributed by atoms with Gasteiger partial charge in [-0.3, -0.25) is 4.79 Å². The van der Waals surface area contributed by atoms with Crippen LogP contribution in [0.15, 0.2) is 24.0 Å². The van der Waals surface area contributed by atoms with Crippen molar-refractivity contribution < 1.29 is 4.79 Å². The maximum absolute atomic E-state index is 12.6. The van der Waals surface area contributed by atoms with Gasteiger partial charge < -0.3 is 9.47 Å². The van der Waals surface area contributed by atoms with Gasteiger partial charge in [-0.05, 0) is 12.8 Å². The molecule has 0 unspecified atom stereocenters. The van der Waals surface area contributed by atoms with E-state index in [2.05, 4.69) is 28.4 Å². The standard InChI is InChI=1S/C17H24N4OS/c1-13(2)16-18-6-10-20(16)9-5-15(22)21-8-3-4-14(12-21)17-19-7-11-23-17/h6-7,10-11,13-14H,3-5,8-9,12H2,1-2H3/t14-/m0/s1. The van der Waals surface area contributed by atoms with E-state index in [1.54, 1.807) is 11.3 Å². The smallest absolute Gasteiger partial charge is 0.224 e. The van der Waals surface area contributed by atoms with Crippen LogP contribution in [0.5, 0.6) is 0 Å². The maximum atomic E-state index is 12.6. The molecule has 2 aromatic rings. The molecule has 0 radical (unpaired) electrons. The van der Waals surface area contributed by atoms with Crippen molar-refractivity contribution >= 4 is 17.2 Å². The predicted octanol–water partition coefficient (Wildman–Crippen LogP) is 3.26. The molecule has 0 saturated carbocycles. The Balaban J connectivity index is 1.56. The van der Waals surface area contributed by atoms with Gasteiger partial charge in [0, 0.05) is 61.9 Å². The van der Waals surface area contributed by atoms with E-state index in [-0.39, 0.29) is 5.91 Å². The number of hydrogen-bond acceptors (Lipinski definition) is 4. The van der Waals surface area contributed by atoms with Crippen molar-refractivity contribution in [3.05, 3.63) is 34.8 Å². The summed E-state index contributed by atoms with van der Waals surface area (Å²) in [4.78, 5) is 23.4. The van der Waals surface area contributed by atoms with E-state index in [1.807, 2.05) is 28.9 Å². The zero-order valence-corrected chi connectivity index (χ0v) is 14.6. The number of aromatic nitrogens is 3.